The van der Waals surface area contributed by atoms with Crippen LogP contribution in [0.4, 0.5) is 13.2 Å². The van der Waals surface area contributed by atoms with Crippen LogP contribution in [0.1, 0.15) is 21.5 Å². The first-order chi connectivity index (χ1) is 8.88. The van der Waals surface area contributed by atoms with E-state index in [9.17, 15) is 13.2 Å². The van der Waals surface area contributed by atoms with Crippen LogP contribution in [0.3, 0.4) is 0 Å². The van der Waals surface area contributed by atoms with Gasteiger partial charge in [0.2, 0.25) is 0 Å². The lowest BCUT2D eigenvalue weighted by Crippen LogP contribution is -2.12. The highest BCUT2D eigenvalue weighted by Gasteiger charge is 2.35. The molecule has 19 heavy (non-hydrogen) atoms. The van der Waals surface area contributed by atoms with E-state index < -0.39 is 17.2 Å². The zero-order valence-electron chi connectivity index (χ0n) is 9.62. The summed E-state index contributed by atoms with van der Waals surface area (Å²) in [4.78, 5) is 3.81. The summed E-state index contributed by atoms with van der Waals surface area (Å²) in [7, 11) is 0. The van der Waals surface area contributed by atoms with Gasteiger partial charge < -0.3 is 5.73 Å². The van der Waals surface area contributed by atoms with Crippen LogP contribution in [0, 0.1) is 0 Å². The highest BCUT2D eigenvalue weighted by Crippen LogP contribution is 2.34. The van der Waals surface area contributed by atoms with Gasteiger partial charge in [0.1, 0.15) is 0 Å². The zero-order valence-corrected chi connectivity index (χ0v) is 12.0. The Labute approximate surface area is 120 Å². The number of thiazole rings is 1. The third-order valence-corrected chi connectivity index (χ3v) is 4.48. The van der Waals surface area contributed by atoms with E-state index in [4.69, 9.17) is 5.73 Å². The molecular formula is C12H10BrF3N2S. The van der Waals surface area contributed by atoms with E-state index in [-0.39, 0.29) is 0 Å². The molecule has 0 aliphatic carbocycles. The summed E-state index contributed by atoms with van der Waals surface area (Å²) in [6.07, 6.45) is -2.74. The molecule has 0 saturated carbocycles. The van der Waals surface area contributed by atoms with Crippen LogP contribution < -0.4 is 5.73 Å². The topological polar surface area (TPSA) is 38.9 Å². The zero-order chi connectivity index (χ0) is 14.0. The Morgan fingerprint density at radius 1 is 1.32 bits per heavy atom. The average Bonchev–Trinajstić information content (AvgIpc) is 2.81. The van der Waals surface area contributed by atoms with Crippen molar-refractivity contribution >= 4 is 27.3 Å². The molecule has 0 saturated heterocycles. The lowest BCUT2D eigenvalue weighted by atomic mass is 10.1. The van der Waals surface area contributed by atoms with Gasteiger partial charge in [-0.15, -0.1) is 11.3 Å². The van der Waals surface area contributed by atoms with E-state index in [1.165, 1.54) is 6.20 Å². The lowest BCUT2D eigenvalue weighted by Gasteiger charge is -2.10. The third kappa shape index (κ3) is 3.55. The maximum Gasteiger partial charge on any atom is 0.443 e. The minimum absolute atomic E-state index is 0.433. The smallest absolute Gasteiger partial charge is 0.323 e. The van der Waals surface area contributed by atoms with E-state index in [1.54, 1.807) is 0 Å². The number of nitrogens with two attached hydrogens (primary N) is 1. The second-order valence-corrected chi connectivity index (χ2v) is 5.88. The Balaban J connectivity index is 2.15. The fraction of sp³-hybridized carbons (Fsp3) is 0.250. The van der Waals surface area contributed by atoms with Crippen LogP contribution in [0.15, 0.2) is 34.9 Å². The minimum atomic E-state index is -4.41. The molecule has 2 N–H and O–H groups in total. The summed E-state index contributed by atoms with van der Waals surface area (Å²) in [5, 5.41) is -0.856. The SMILES string of the molecule is NC(Cc1ccccc1Br)c1cnc(C(F)(F)F)s1. The van der Waals surface area contributed by atoms with Crippen molar-refractivity contribution in [2.45, 2.75) is 18.6 Å². The van der Waals surface area contributed by atoms with E-state index >= 15 is 0 Å². The van der Waals surface area contributed by atoms with Crippen LogP contribution in [-0.4, -0.2) is 4.98 Å². The first-order valence-corrected chi connectivity index (χ1v) is 7.01. The van der Waals surface area contributed by atoms with Gasteiger partial charge in [-0.3, -0.25) is 0 Å². The molecule has 2 rings (SSSR count). The Morgan fingerprint density at radius 2 is 2.00 bits per heavy atom. The van der Waals surface area contributed by atoms with Crippen LogP contribution in [-0.2, 0) is 12.6 Å². The molecule has 0 radical (unpaired) electrons. The second-order valence-electron chi connectivity index (χ2n) is 3.97. The fourth-order valence-electron chi connectivity index (χ4n) is 1.59. The Kier molecular flexibility index (Phi) is 4.27. The molecule has 0 aliphatic rings. The molecule has 102 valence electrons. The highest BCUT2D eigenvalue weighted by atomic mass is 79.9. The summed E-state index contributed by atoms with van der Waals surface area (Å²) in [5.41, 5.74) is 6.89. The third-order valence-electron chi connectivity index (χ3n) is 2.53. The molecule has 0 amide bonds. The second kappa shape index (κ2) is 5.60. The Bertz CT molecular complexity index is 568. The minimum Gasteiger partial charge on any atom is -0.323 e. The van der Waals surface area contributed by atoms with E-state index in [1.807, 2.05) is 24.3 Å². The molecular weight excluding hydrogens is 341 g/mol. The number of hydrogen-bond donors (Lipinski definition) is 1. The van der Waals surface area contributed by atoms with Crippen molar-refractivity contribution in [3.8, 4) is 0 Å². The monoisotopic (exact) mass is 350 g/mol. The summed E-state index contributed by atoms with van der Waals surface area (Å²) in [6.45, 7) is 0. The molecule has 1 heterocycles. The van der Waals surface area contributed by atoms with Crippen LogP contribution >= 0.6 is 27.3 Å². The fourth-order valence-corrected chi connectivity index (χ4v) is 2.82. The number of nitrogens with zero attached hydrogens (tertiary/aromatic N) is 1. The molecule has 1 atom stereocenters. The molecule has 1 aromatic carbocycles. The normalized spacial score (nSPS) is 13.5. The van der Waals surface area contributed by atoms with E-state index in [0.29, 0.717) is 22.6 Å². The summed E-state index contributed by atoms with van der Waals surface area (Å²) in [6, 6.07) is 6.99. The van der Waals surface area contributed by atoms with Crippen molar-refractivity contribution in [3.63, 3.8) is 0 Å². The quantitative estimate of drug-likeness (QED) is 0.902. The van der Waals surface area contributed by atoms with Crippen LogP contribution in [0.5, 0.6) is 0 Å². The number of benzene rings is 1. The average molecular weight is 351 g/mol. The first kappa shape index (κ1) is 14.5. The first-order valence-electron chi connectivity index (χ1n) is 5.40. The summed E-state index contributed by atoms with van der Waals surface area (Å²) >= 11 is 3.98. The van der Waals surface area contributed by atoms with Crippen molar-refractivity contribution in [1.29, 1.82) is 0 Å². The van der Waals surface area contributed by atoms with Gasteiger partial charge in [0.15, 0.2) is 5.01 Å². The molecule has 0 spiro atoms. The predicted octanol–water partition coefficient (Wildman–Crippen LogP) is 4.17. The van der Waals surface area contributed by atoms with E-state index in [2.05, 4.69) is 20.9 Å². The molecule has 0 bridgehead atoms. The largest absolute Gasteiger partial charge is 0.443 e. The van der Waals surface area contributed by atoms with E-state index in [0.717, 1.165) is 10.0 Å². The molecule has 2 nitrogen and oxygen atoms in total. The van der Waals surface area contributed by atoms with Gasteiger partial charge in [-0.25, -0.2) is 4.98 Å². The molecule has 0 aliphatic heterocycles. The number of aromatic nitrogens is 1. The highest BCUT2D eigenvalue weighted by molar-refractivity contribution is 9.10. The van der Waals surface area contributed by atoms with Gasteiger partial charge in [0, 0.05) is 21.6 Å². The van der Waals surface area contributed by atoms with Crippen LogP contribution in [0.2, 0.25) is 0 Å². The van der Waals surface area contributed by atoms with Crippen molar-refractivity contribution in [1.82, 2.24) is 4.98 Å². The number of alkyl halides is 3. The van der Waals surface area contributed by atoms with Gasteiger partial charge in [-0.05, 0) is 18.1 Å². The van der Waals surface area contributed by atoms with Gasteiger partial charge in [-0.1, -0.05) is 34.1 Å². The van der Waals surface area contributed by atoms with Crippen molar-refractivity contribution < 1.29 is 13.2 Å². The lowest BCUT2D eigenvalue weighted by molar-refractivity contribution is -0.137. The molecule has 2 aromatic rings. The van der Waals surface area contributed by atoms with Crippen molar-refractivity contribution in [2.24, 2.45) is 5.73 Å². The summed E-state index contributed by atoms with van der Waals surface area (Å²) < 4.78 is 38.3. The number of rotatable bonds is 3. The Morgan fingerprint density at radius 3 is 2.58 bits per heavy atom. The Hall–Kier alpha value is -0.920. The maximum absolute atomic E-state index is 12.5. The van der Waals surface area contributed by atoms with Crippen molar-refractivity contribution in [2.75, 3.05) is 0 Å². The standard InChI is InChI=1S/C12H10BrF3N2S/c13-8-4-2-1-3-7(8)5-9(17)10-6-18-11(19-10)12(14,15)16/h1-4,6,9H,5,17H2. The van der Waals surface area contributed by atoms with Gasteiger partial charge >= 0.3 is 6.18 Å². The summed E-state index contributed by atoms with van der Waals surface area (Å²) in [5.74, 6) is 0. The predicted molar refractivity (Wildman–Crippen MR) is 71.9 cm³/mol. The molecule has 1 aromatic heterocycles. The maximum atomic E-state index is 12.5. The number of hydrogen-bond acceptors (Lipinski definition) is 3. The van der Waals surface area contributed by atoms with Crippen LogP contribution in [0.25, 0.3) is 0 Å². The number of halogens is 4. The van der Waals surface area contributed by atoms with Gasteiger partial charge in [0.25, 0.3) is 0 Å². The molecule has 1 unspecified atom stereocenters. The molecule has 7 heteroatoms. The van der Waals surface area contributed by atoms with Gasteiger partial charge in [0.05, 0.1) is 0 Å². The van der Waals surface area contributed by atoms with Crippen molar-refractivity contribution in [3.05, 3.63) is 50.4 Å². The van der Waals surface area contributed by atoms with Gasteiger partial charge in [-0.2, -0.15) is 13.2 Å². The molecule has 0 fully saturated rings.